The summed E-state index contributed by atoms with van der Waals surface area (Å²) in [5, 5.41) is 0. The van der Waals surface area contributed by atoms with Crippen LogP contribution in [0.2, 0.25) is 0 Å². The molecule has 1 atom stereocenters. The molecular weight excluding hydrogens is 178 g/mol. The van der Waals surface area contributed by atoms with E-state index >= 15 is 0 Å². The van der Waals surface area contributed by atoms with Crippen LogP contribution < -0.4 is 5.73 Å². The summed E-state index contributed by atoms with van der Waals surface area (Å²) in [6.45, 7) is 0.181. The number of ether oxygens (including phenoxy) is 1. The molecule has 2 nitrogen and oxygen atoms in total. The van der Waals surface area contributed by atoms with Gasteiger partial charge in [-0.25, -0.2) is 8.78 Å². The first-order chi connectivity index (χ1) is 5.31. The van der Waals surface area contributed by atoms with Gasteiger partial charge < -0.3 is 10.5 Å². The van der Waals surface area contributed by atoms with Crippen LogP contribution in [-0.4, -0.2) is 31.6 Å². The molecule has 0 radical (unpaired) electrons. The van der Waals surface area contributed by atoms with Crippen molar-refractivity contribution in [2.45, 2.75) is 24.9 Å². The van der Waals surface area contributed by atoms with Crippen molar-refractivity contribution < 1.29 is 22.3 Å². The van der Waals surface area contributed by atoms with Gasteiger partial charge in [0.05, 0.1) is 0 Å². The quantitative estimate of drug-likeness (QED) is 0.675. The maximum Gasteiger partial charge on any atom is 0.336 e. The van der Waals surface area contributed by atoms with Gasteiger partial charge in [-0.2, -0.15) is 8.78 Å². The zero-order valence-corrected chi connectivity index (χ0v) is 6.78. The van der Waals surface area contributed by atoms with Gasteiger partial charge >= 0.3 is 12.3 Å². The van der Waals surface area contributed by atoms with Crippen LogP contribution in [0.5, 0.6) is 0 Å². The molecule has 74 valence electrons. The van der Waals surface area contributed by atoms with Gasteiger partial charge in [0.25, 0.3) is 0 Å². The molecule has 0 spiro atoms. The van der Waals surface area contributed by atoms with E-state index < -0.39 is 24.5 Å². The van der Waals surface area contributed by atoms with E-state index in [-0.39, 0.29) is 0 Å². The third kappa shape index (κ3) is 1.69. The Bertz CT molecular complexity index is 144. The molecule has 6 heteroatoms. The third-order valence-corrected chi connectivity index (χ3v) is 1.82. The molecule has 0 aromatic carbocycles. The molecule has 0 rings (SSSR count). The third-order valence-electron chi connectivity index (χ3n) is 1.82. The van der Waals surface area contributed by atoms with E-state index in [0.29, 0.717) is 0 Å². The summed E-state index contributed by atoms with van der Waals surface area (Å²) < 4.78 is 53.1. The fourth-order valence-corrected chi connectivity index (χ4v) is 0.586. The lowest BCUT2D eigenvalue weighted by Gasteiger charge is -2.34. The van der Waals surface area contributed by atoms with Crippen molar-refractivity contribution in [1.29, 1.82) is 0 Å². The minimum Gasteiger partial charge on any atom is -0.371 e. The molecule has 0 aliphatic carbocycles. The summed E-state index contributed by atoms with van der Waals surface area (Å²) in [5.74, 6) is -4.23. The van der Waals surface area contributed by atoms with Crippen molar-refractivity contribution in [2.24, 2.45) is 5.73 Å². The highest BCUT2D eigenvalue weighted by molar-refractivity contribution is 4.93. The fraction of sp³-hybridized carbons (Fsp3) is 1.00. The largest absolute Gasteiger partial charge is 0.371 e. The summed E-state index contributed by atoms with van der Waals surface area (Å²) in [6, 6.07) is 0. The number of hydrogen-bond donors (Lipinski definition) is 1. The van der Waals surface area contributed by atoms with Gasteiger partial charge in [0, 0.05) is 13.7 Å². The van der Waals surface area contributed by atoms with Crippen molar-refractivity contribution in [2.75, 3.05) is 13.7 Å². The minimum absolute atomic E-state index is 0.666. The lowest BCUT2D eigenvalue weighted by Crippen LogP contribution is -2.56. The first-order valence-electron chi connectivity index (χ1n) is 3.23. The standard InChI is InChI=1S/C6H11F4NO/c1-5(3-11,12-2)6(9,10)4(7)8/h4H,3,11H2,1-2H3. The van der Waals surface area contributed by atoms with Crippen LogP contribution in [-0.2, 0) is 4.74 Å². The highest BCUT2D eigenvalue weighted by Crippen LogP contribution is 2.36. The van der Waals surface area contributed by atoms with Crippen molar-refractivity contribution in [3.63, 3.8) is 0 Å². The molecule has 2 N–H and O–H groups in total. The van der Waals surface area contributed by atoms with Crippen LogP contribution in [0.1, 0.15) is 6.92 Å². The Morgan fingerprint density at radius 3 is 1.92 bits per heavy atom. The van der Waals surface area contributed by atoms with E-state index in [0.717, 1.165) is 14.0 Å². The lowest BCUT2D eigenvalue weighted by atomic mass is 9.98. The highest BCUT2D eigenvalue weighted by atomic mass is 19.3. The van der Waals surface area contributed by atoms with Gasteiger partial charge in [0.2, 0.25) is 0 Å². The number of halogens is 4. The average Bonchev–Trinajstić information content (AvgIpc) is 2.02. The van der Waals surface area contributed by atoms with Crippen LogP contribution in [0.15, 0.2) is 0 Å². The maximum absolute atomic E-state index is 12.6. The molecule has 0 saturated carbocycles. The van der Waals surface area contributed by atoms with Crippen LogP contribution >= 0.6 is 0 Å². The van der Waals surface area contributed by atoms with E-state index in [9.17, 15) is 17.6 Å². The monoisotopic (exact) mass is 189 g/mol. The van der Waals surface area contributed by atoms with E-state index in [1.807, 2.05) is 0 Å². The molecule has 0 fully saturated rings. The summed E-state index contributed by atoms with van der Waals surface area (Å²) in [5.41, 5.74) is 2.60. The summed E-state index contributed by atoms with van der Waals surface area (Å²) in [6.07, 6.45) is -3.77. The predicted molar refractivity (Wildman–Crippen MR) is 35.4 cm³/mol. The van der Waals surface area contributed by atoms with Gasteiger partial charge in [-0.1, -0.05) is 0 Å². The SMILES string of the molecule is COC(C)(CN)C(F)(F)C(F)F. The number of alkyl halides is 4. The zero-order chi connectivity index (χ0) is 9.99. The first-order valence-corrected chi connectivity index (χ1v) is 3.23. The summed E-state index contributed by atoms with van der Waals surface area (Å²) in [4.78, 5) is 0. The number of methoxy groups -OCH3 is 1. The molecule has 0 heterocycles. The predicted octanol–water partition coefficient (Wildman–Crippen LogP) is 1.25. The first kappa shape index (κ1) is 11.6. The molecule has 12 heavy (non-hydrogen) atoms. The van der Waals surface area contributed by atoms with E-state index in [1.54, 1.807) is 0 Å². The Morgan fingerprint density at radius 2 is 1.83 bits per heavy atom. The van der Waals surface area contributed by atoms with Crippen molar-refractivity contribution in [1.82, 2.24) is 0 Å². The van der Waals surface area contributed by atoms with Gasteiger partial charge in [-0.3, -0.25) is 0 Å². The van der Waals surface area contributed by atoms with Crippen LogP contribution in [0.25, 0.3) is 0 Å². The molecular formula is C6H11F4NO. The second-order valence-corrected chi connectivity index (χ2v) is 2.56. The van der Waals surface area contributed by atoms with Gasteiger partial charge in [0.15, 0.2) is 0 Å². The Kier molecular flexibility index (Phi) is 3.46. The molecule has 0 aliphatic heterocycles. The number of hydrogen-bond acceptors (Lipinski definition) is 2. The Hall–Kier alpha value is -0.360. The molecule has 0 saturated heterocycles. The number of rotatable bonds is 4. The molecule has 0 aromatic heterocycles. The topological polar surface area (TPSA) is 35.2 Å². The van der Waals surface area contributed by atoms with Gasteiger partial charge in [0.1, 0.15) is 5.60 Å². The minimum atomic E-state index is -4.23. The fourth-order valence-electron chi connectivity index (χ4n) is 0.586. The van der Waals surface area contributed by atoms with Crippen LogP contribution in [0.3, 0.4) is 0 Å². The van der Waals surface area contributed by atoms with Gasteiger partial charge in [-0.15, -0.1) is 0 Å². The second-order valence-electron chi connectivity index (χ2n) is 2.56. The van der Waals surface area contributed by atoms with E-state index in [4.69, 9.17) is 5.73 Å². The summed E-state index contributed by atoms with van der Waals surface area (Å²) >= 11 is 0. The Morgan fingerprint density at radius 1 is 1.42 bits per heavy atom. The highest BCUT2D eigenvalue weighted by Gasteiger charge is 2.57. The Labute approximate surface area is 67.7 Å². The summed E-state index contributed by atoms with van der Waals surface area (Å²) in [7, 11) is 0.920. The smallest absolute Gasteiger partial charge is 0.336 e. The van der Waals surface area contributed by atoms with Gasteiger partial charge in [-0.05, 0) is 6.92 Å². The lowest BCUT2D eigenvalue weighted by molar-refractivity contribution is -0.241. The molecule has 0 aliphatic rings. The van der Waals surface area contributed by atoms with Crippen molar-refractivity contribution in [3.8, 4) is 0 Å². The second kappa shape index (κ2) is 3.57. The van der Waals surface area contributed by atoms with Crippen LogP contribution in [0, 0.1) is 0 Å². The molecule has 1 unspecified atom stereocenters. The molecule has 0 bridgehead atoms. The van der Waals surface area contributed by atoms with Crippen molar-refractivity contribution >= 4 is 0 Å². The average molecular weight is 189 g/mol. The Balaban J connectivity index is 4.70. The normalized spacial score (nSPS) is 18.0. The number of nitrogens with two attached hydrogens (primary N) is 1. The van der Waals surface area contributed by atoms with E-state index in [1.165, 1.54) is 0 Å². The van der Waals surface area contributed by atoms with E-state index in [2.05, 4.69) is 4.74 Å². The molecule has 0 amide bonds. The zero-order valence-electron chi connectivity index (χ0n) is 6.78. The molecule has 0 aromatic rings. The van der Waals surface area contributed by atoms with Crippen LogP contribution in [0.4, 0.5) is 17.6 Å². The maximum atomic E-state index is 12.6. The van der Waals surface area contributed by atoms with Crippen molar-refractivity contribution in [3.05, 3.63) is 0 Å².